The molecule has 0 bridgehead atoms. The highest BCUT2D eigenvalue weighted by Crippen LogP contribution is 2.32. The first kappa shape index (κ1) is 17.8. The van der Waals surface area contributed by atoms with Gasteiger partial charge in [-0.2, -0.15) is 0 Å². The molecule has 8 heteroatoms. The van der Waals surface area contributed by atoms with Gasteiger partial charge in [-0.15, -0.1) is 11.3 Å². The molecular formula is C18H14F2N2O3S. The minimum atomic E-state index is -0.546. The fourth-order valence-corrected chi connectivity index (χ4v) is 2.92. The normalized spacial score (nSPS) is 10.4. The van der Waals surface area contributed by atoms with Crippen molar-refractivity contribution in [2.24, 2.45) is 0 Å². The molecule has 3 rings (SSSR count). The second kappa shape index (κ2) is 7.92. The summed E-state index contributed by atoms with van der Waals surface area (Å²) in [6.07, 6.45) is 0. The van der Waals surface area contributed by atoms with E-state index < -0.39 is 17.5 Å². The Morgan fingerprint density at radius 2 is 2.00 bits per heavy atom. The number of ether oxygens (including phenoxy) is 2. The molecule has 0 fully saturated rings. The number of carbonyl (C=O) groups is 1. The first-order chi connectivity index (χ1) is 12.6. The molecule has 0 atom stereocenters. The number of methoxy groups -OCH3 is 1. The summed E-state index contributed by atoms with van der Waals surface area (Å²) in [5, 5.41) is 4.54. The number of aromatic nitrogens is 1. The summed E-state index contributed by atoms with van der Waals surface area (Å²) in [7, 11) is 1.48. The smallest absolute Gasteiger partial charge is 0.264 e. The van der Waals surface area contributed by atoms with E-state index in [0.717, 1.165) is 0 Å². The molecule has 0 saturated heterocycles. The Kier molecular flexibility index (Phi) is 5.43. The lowest BCUT2D eigenvalue weighted by molar-refractivity contribution is -0.118. The summed E-state index contributed by atoms with van der Waals surface area (Å²) in [5.74, 6) is -0.988. The predicted octanol–water partition coefficient (Wildman–Crippen LogP) is 4.11. The van der Waals surface area contributed by atoms with Crippen molar-refractivity contribution in [2.45, 2.75) is 0 Å². The van der Waals surface area contributed by atoms with Gasteiger partial charge < -0.3 is 9.47 Å². The number of thiazole rings is 1. The molecule has 2 aromatic carbocycles. The van der Waals surface area contributed by atoms with Crippen LogP contribution in [-0.2, 0) is 4.79 Å². The molecule has 0 aliphatic carbocycles. The third-order valence-corrected chi connectivity index (χ3v) is 4.14. The van der Waals surface area contributed by atoms with E-state index in [0.29, 0.717) is 22.1 Å². The number of carbonyl (C=O) groups excluding carboxylic acids is 1. The summed E-state index contributed by atoms with van der Waals surface area (Å²) in [6, 6.07) is 9.91. The highest BCUT2D eigenvalue weighted by Gasteiger charge is 2.13. The van der Waals surface area contributed by atoms with E-state index in [-0.39, 0.29) is 12.4 Å². The van der Waals surface area contributed by atoms with E-state index in [9.17, 15) is 13.6 Å². The molecule has 5 nitrogen and oxygen atoms in total. The Morgan fingerprint density at radius 1 is 1.19 bits per heavy atom. The van der Waals surface area contributed by atoms with Crippen LogP contribution in [0.5, 0.6) is 11.5 Å². The van der Waals surface area contributed by atoms with Gasteiger partial charge in [0.1, 0.15) is 11.6 Å². The maximum absolute atomic E-state index is 13.5. The van der Waals surface area contributed by atoms with Crippen LogP contribution in [0.25, 0.3) is 11.3 Å². The number of para-hydroxylation sites is 1. The average molecular weight is 376 g/mol. The molecular weight excluding hydrogens is 362 g/mol. The van der Waals surface area contributed by atoms with Gasteiger partial charge in [-0.1, -0.05) is 12.1 Å². The van der Waals surface area contributed by atoms with Gasteiger partial charge in [0.25, 0.3) is 5.91 Å². The number of benzene rings is 2. The summed E-state index contributed by atoms with van der Waals surface area (Å²) < 4.78 is 37.3. The number of anilines is 1. The van der Waals surface area contributed by atoms with Crippen molar-refractivity contribution in [3.8, 4) is 22.8 Å². The van der Waals surface area contributed by atoms with Crippen LogP contribution in [0.15, 0.2) is 47.8 Å². The van der Waals surface area contributed by atoms with Crippen LogP contribution in [0.3, 0.4) is 0 Å². The van der Waals surface area contributed by atoms with Gasteiger partial charge >= 0.3 is 0 Å². The van der Waals surface area contributed by atoms with E-state index >= 15 is 0 Å². The lowest BCUT2D eigenvalue weighted by Gasteiger charge is -2.07. The predicted molar refractivity (Wildman–Crippen MR) is 94.6 cm³/mol. The molecule has 1 heterocycles. The van der Waals surface area contributed by atoms with Crippen molar-refractivity contribution < 1.29 is 23.0 Å². The molecule has 3 aromatic rings. The monoisotopic (exact) mass is 376 g/mol. The van der Waals surface area contributed by atoms with Gasteiger partial charge in [0.05, 0.1) is 12.8 Å². The molecule has 0 aliphatic heterocycles. The molecule has 1 N–H and O–H groups in total. The SMILES string of the molecule is COc1ccc(F)cc1-c1csc(NC(=O)COc2ccccc2F)n1. The molecule has 1 aromatic heterocycles. The fraction of sp³-hybridized carbons (Fsp3) is 0.111. The van der Waals surface area contributed by atoms with Gasteiger partial charge in [0, 0.05) is 10.9 Å². The zero-order valence-electron chi connectivity index (χ0n) is 13.7. The van der Waals surface area contributed by atoms with Gasteiger partial charge in [0.15, 0.2) is 23.3 Å². The molecule has 0 unspecified atom stereocenters. The number of rotatable bonds is 6. The summed E-state index contributed by atoms with van der Waals surface area (Å²) in [4.78, 5) is 16.2. The van der Waals surface area contributed by atoms with Gasteiger partial charge in [-0.25, -0.2) is 13.8 Å². The van der Waals surface area contributed by atoms with Crippen LogP contribution >= 0.6 is 11.3 Å². The lowest BCUT2D eigenvalue weighted by Crippen LogP contribution is -2.20. The van der Waals surface area contributed by atoms with Gasteiger partial charge in [-0.3, -0.25) is 10.1 Å². The summed E-state index contributed by atoms with van der Waals surface area (Å²) in [6.45, 7) is -0.362. The molecule has 0 spiro atoms. The minimum Gasteiger partial charge on any atom is -0.496 e. The molecule has 0 radical (unpaired) electrons. The van der Waals surface area contributed by atoms with Gasteiger partial charge in [0.2, 0.25) is 0 Å². The Balaban J connectivity index is 1.66. The van der Waals surface area contributed by atoms with Crippen molar-refractivity contribution in [1.29, 1.82) is 0 Å². The third-order valence-electron chi connectivity index (χ3n) is 3.38. The van der Waals surface area contributed by atoms with E-state index in [2.05, 4.69) is 10.3 Å². The third kappa shape index (κ3) is 4.15. The molecule has 0 saturated carbocycles. The zero-order chi connectivity index (χ0) is 18.5. The minimum absolute atomic E-state index is 0.00743. The van der Waals surface area contributed by atoms with Crippen LogP contribution in [0.4, 0.5) is 13.9 Å². The average Bonchev–Trinajstić information content (AvgIpc) is 3.09. The van der Waals surface area contributed by atoms with Crippen molar-refractivity contribution in [1.82, 2.24) is 4.98 Å². The molecule has 134 valence electrons. The number of halogens is 2. The molecule has 26 heavy (non-hydrogen) atoms. The summed E-state index contributed by atoms with van der Waals surface area (Å²) >= 11 is 1.17. The van der Waals surface area contributed by atoms with Crippen LogP contribution in [-0.4, -0.2) is 24.6 Å². The summed E-state index contributed by atoms with van der Waals surface area (Å²) in [5.41, 5.74) is 0.948. The van der Waals surface area contributed by atoms with Crippen molar-refractivity contribution in [3.63, 3.8) is 0 Å². The van der Waals surface area contributed by atoms with E-state index in [4.69, 9.17) is 9.47 Å². The largest absolute Gasteiger partial charge is 0.496 e. The highest BCUT2D eigenvalue weighted by atomic mass is 32.1. The van der Waals surface area contributed by atoms with Crippen molar-refractivity contribution >= 4 is 22.4 Å². The fourth-order valence-electron chi connectivity index (χ4n) is 2.20. The number of nitrogens with zero attached hydrogens (tertiary/aromatic N) is 1. The van der Waals surface area contributed by atoms with Crippen molar-refractivity contribution in [2.75, 3.05) is 19.0 Å². The lowest BCUT2D eigenvalue weighted by atomic mass is 10.1. The topological polar surface area (TPSA) is 60.5 Å². The zero-order valence-corrected chi connectivity index (χ0v) is 14.5. The highest BCUT2D eigenvalue weighted by molar-refractivity contribution is 7.14. The maximum atomic E-state index is 13.5. The first-order valence-electron chi connectivity index (χ1n) is 7.53. The van der Waals surface area contributed by atoms with E-state index in [1.165, 1.54) is 54.8 Å². The van der Waals surface area contributed by atoms with Gasteiger partial charge in [-0.05, 0) is 30.3 Å². The van der Waals surface area contributed by atoms with Crippen LogP contribution < -0.4 is 14.8 Å². The Bertz CT molecular complexity index is 930. The molecule has 0 aliphatic rings. The Labute approximate surface area is 152 Å². The second-order valence-corrected chi connectivity index (χ2v) is 6.01. The van der Waals surface area contributed by atoms with Crippen LogP contribution in [0.1, 0.15) is 0 Å². The maximum Gasteiger partial charge on any atom is 0.264 e. The van der Waals surface area contributed by atoms with Crippen LogP contribution in [0, 0.1) is 11.6 Å². The first-order valence-corrected chi connectivity index (χ1v) is 8.41. The number of hydrogen-bond donors (Lipinski definition) is 1. The quantitative estimate of drug-likeness (QED) is 0.703. The number of nitrogens with one attached hydrogen (secondary N) is 1. The molecule has 1 amide bonds. The number of amides is 1. The Morgan fingerprint density at radius 3 is 2.77 bits per heavy atom. The van der Waals surface area contributed by atoms with Crippen molar-refractivity contribution in [3.05, 3.63) is 59.5 Å². The van der Waals surface area contributed by atoms with Crippen LogP contribution in [0.2, 0.25) is 0 Å². The van der Waals surface area contributed by atoms with E-state index in [1.807, 2.05) is 0 Å². The second-order valence-electron chi connectivity index (χ2n) is 5.15. The Hall–Kier alpha value is -3.00. The van der Waals surface area contributed by atoms with E-state index in [1.54, 1.807) is 11.4 Å². The number of hydrogen-bond acceptors (Lipinski definition) is 5. The standard InChI is InChI=1S/C18H14F2N2O3S/c1-24-15-7-6-11(19)8-12(15)14-10-26-18(21-14)22-17(23)9-25-16-5-3-2-4-13(16)20/h2-8,10H,9H2,1H3,(H,21,22,23).